The molecule has 2 rings (SSSR count). The zero-order valence-electron chi connectivity index (χ0n) is 13.1. The number of rotatable bonds is 6. The fourth-order valence-corrected chi connectivity index (χ4v) is 2.05. The highest BCUT2D eigenvalue weighted by Crippen LogP contribution is 2.15. The van der Waals surface area contributed by atoms with Crippen molar-refractivity contribution < 1.29 is 23.9 Å². The largest absolute Gasteiger partial charge is 0.463 e. The summed E-state index contributed by atoms with van der Waals surface area (Å²) in [5, 5.41) is 2.41. The Morgan fingerprint density at radius 2 is 1.54 bits per heavy atom. The van der Waals surface area contributed by atoms with Crippen LogP contribution in [-0.4, -0.2) is 25.0 Å². The van der Waals surface area contributed by atoms with Crippen LogP contribution in [-0.2, 0) is 25.7 Å². The smallest absolute Gasteiger partial charge is 0.408 e. The number of ether oxygens (including phenoxy) is 2. The molecule has 124 valence electrons. The van der Waals surface area contributed by atoms with E-state index >= 15 is 0 Å². The molecule has 1 atom stereocenters. The number of ketones is 1. The highest BCUT2D eigenvalue weighted by atomic mass is 16.5. The third-order valence-corrected chi connectivity index (χ3v) is 3.26. The predicted molar refractivity (Wildman–Crippen MR) is 86.0 cm³/mol. The molecule has 1 N–H and O–H groups in total. The number of amides is 1. The maximum Gasteiger partial charge on any atom is 0.408 e. The van der Waals surface area contributed by atoms with Crippen molar-refractivity contribution in [3.8, 4) is 0 Å². The number of alkyl carbamates (subject to hydrolysis) is 1. The molecule has 0 bridgehead atoms. The summed E-state index contributed by atoms with van der Waals surface area (Å²) in [6.07, 6.45) is -0.801. The highest BCUT2D eigenvalue weighted by Gasteiger charge is 2.29. The van der Waals surface area contributed by atoms with Gasteiger partial charge in [-0.1, -0.05) is 60.7 Å². The molecule has 2 aromatic carbocycles. The number of hydrogen-bond donors (Lipinski definition) is 1. The van der Waals surface area contributed by atoms with Crippen LogP contribution in [0.4, 0.5) is 4.79 Å². The van der Waals surface area contributed by atoms with E-state index in [0.29, 0.717) is 5.56 Å². The Balaban J connectivity index is 2.06. The molecule has 0 aliphatic carbocycles. The van der Waals surface area contributed by atoms with Gasteiger partial charge < -0.3 is 14.8 Å². The fourth-order valence-electron chi connectivity index (χ4n) is 2.05. The van der Waals surface area contributed by atoms with Crippen molar-refractivity contribution in [3.63, 3.8) is 0 Å². The molecule has 0 fully saturated rings. The molecule has 0 aliphatic heterocycles. The minimum atomic E-state index is -1.16. The monoisotopic (exact) mass is 327 g/mol. The van der Waals surface area contributed by atoms with Gasteiger partial charge in [0.25, 0.3) is 5.78 Å². The van der Waals surface area contributed by atoms with E-state index in [4.69, 9.17) is 4.74 Å². The SMILES string of the molecule is COC(=O)C(=O)[C@@H](NC(=O)OCc1ccccc1)c1ccccc1. The van der Waals surface area contributed by atoms with Crippen LogP contribution in [0.25, 0.3) is 0 Å². The van der Waals surface area contributed by atoms with E-state index in [1.165, 1.54) is 0 Å². The number of hydrogen-bond acceptors (Lipinski definition) is 5. The number of nitrogens with one attached hydrogen (secondary N) is 1. The van der Waals surface area contributed by atoms with Crippen LogP contribution in [0.2, 0.25) is 0 Å². The maximum atomic E-state index is 12.1. The minimum absolute atomic E-state index is 0.0561. The van der Waals surface area contributed by atoms with Gasteiger partial charge in [-0.05, 0) is 11.1 Å². The second-order valence-electron chi connectivity index (χ2n) is 4.91. The summed E-state index contributed by atoms with van der Waals surface area (Å²) in [6.45, 7) is 0.0561. The molecule has 6 nitrogen and oxygen atoms in total. The van der Waals surface area contributed by atoms with Gasteiger partial charge in [0.05, 0.1) is 7.11 Å². The molecule has 6 heteroatoms. The number of esters is 1. The van der Waals surface area contributed by atoms with Crippen LogP contribution in [0, 0.1) is 0 Å². The Morgan fingerprint density at radius 1 is 0.958 bits per heavy atom. The van der Waals surface area contributed by atoms with Crippen LogP contribution >= 0.6 is 0 Å². The highest BCUT2D eigenvalue weighted by molar-refractivity contribution is 6.35. The van der Waals surface area contributed by atoms with Crippen LogP contribution in [0.1, 0.15) is 17.2 Å². The van der Waals surface area contributed by atoms with E-state index in [1.54, 1.807) is 30.3 Å². The molecule has 0 aromatic heterocycles. The second kappa shape index (κ2) is 8.47. The fraction of sp³-hybridized carbons (Fsp3) is 0.167. The Kier molecular flexibility index (Phi) is 6.08. The number of carbonyl (C=O) groups is 3. The summed E-state index contributed by atoms with van der Waals surface area (Å²) < 4.78 is 9.53. The Morgan fingerprint density at radius 3 is 2.12 bits per heavy atom. The Labute approximate surface area is 139 Å². The molecule has 0 saturated heterocycles. The molecule has 2 aromatic rings. The van der Waals surface area contributed by atoms with Crippen LogP contribution in [0.3, 0.4) is 0 Å². The lowest BCUT2D eigenvalue weighted by atomic mass is 10.0. The third kappa shape index (κ3) is 4.67. The van der Waals surface area contributed by atoms with Gasteiger partial charge in [0.2, 0.25) is 0 Å². The van der Waals surface area contributed by atoms with Gasteiger partial charge in [-0.25, -0.2) is 9.59 Å². The minimum Gasteiger partial charge on any atom is -0.463 e. The summed E-state index contributed by atoms with van der Waals surface area (Å²) in [5.74, 6) is -1.91. The van der Waals surface area contributed by atoms with Gasteiger partial charge in [0, 0.05) is 0 Å². The van der Waals surface area contributed by atoms with Crippen molar-refractivity contribution >= 4 is 17.8 Å². The van der Waals surface area contributed by atoms with Crippen molar-refractivity contribution in [2.24, 2.45) is 0 Å². The quantitative estimate of drug-likeness (QED) is 0.651. The molecular formula is C18H17NO5. The topological polar surface area (TPSA) is 81.7 Å². The molecular weight excluding hydrogens is 310 g/mol. The average Bonchev–Trinajstić information content (AvgIpc) is 2.64. The van der Waals surface area contributed by atoms with Crippen LogP contribution < -0.4 is 5.32 Å². The summed E-state index contributed by atoms with van der Waals surface area (Å²) in [5.41, 5.74) is 1.27. The first kappa shape index (κ1) is 17.2. The van der Waals surface area contributed by atoms with Crippen molar-refractivity contribution in [1.82, 2.24) is 5.32 Å². The van der Waals surface area contributed by atoms with Crippen LogP contribution in [0.5, 0.6) is 0 Å². The lowest BCUT2D eigenvalue weighted by molar-refractivity contribution is -0.152. The van der Waals surface area contributed by atoms with Crippen molar-refractivity contribution in [2.45, 2.75) is 12.6 Å². The molecule has 24 heavy (non-hydrogen) atoms. The van der Waals surface area contributed by atoms with Crippen molar-refractivity contribution in [1.29, 1.82) is 0 Å². The van der Waals surface area contributed by atoms with Gasteiger partial charge in [-0.3, -0.25) is 4.79 Å². The Bertz CT molecular complexity index is 700. The van der Waals surface area contributed by atoms with E-state index in [-0.39, 0.29) is 6.61 Å². The Hall–Kier alpha value is -3.15. The van der Waals surface area contributed by atoms with E-state index in [1.807, 2.05) is 30.3 Å². The van der Waals surface area contributed by atoms with Gasteiger partial charge in [-0.15, -0.1) is 0 Å². The number of carbonyl (C=O) groups excluding carboxylic acids is 3. The van der Waals surface area contributed by atoms with E-state index in [9.17, 15) is 14.4 Å². The molecule has 0 spiro atoms. The lowest BCUT2D eigenvalue weighted by Gasteiger charge is -2.16. The molecule has 0 heterocycles. The third-order valence-electron chi connectivity index (χ3n) is 3.26. The second-order valence-corrected chi connectivity index (χ2v) is 4.91. The maximum absolute atomic E-state index is 12.1. The van der Waals surface area contributed by atoms with Gasteiger partial charge in [0.1, 0.15) is 12.6 Å². The molecule has 1 amide bonds. The lowest BCUT2D eigenvalue weighted by Crippen LogP contribution is -2.37. The van der Waals surface area contributed by atoms with E-state index < -0.39 is 23.9 Å². The van der Waals surface area contributed by atoms with Gasteiger partial charge >= 0.3 is 12.1 Å². The number of benzene rings is 2. The zero-order chi connectivity index (χ0) is 17.4. The summed E-state index contributed by atoms with van der Waals surface area (Å²) >= 11 is 0. The molecule has 0 radical (unpaired) electrons. The predicted octanol–water partition coefficient (Wildman–Crippen LogP) is 2.40. The first-order valence-corrected chi connectivity index (χ1v) is 7.26. The first-order chi connectivity index (χ1) is 11.6. The van der Waals surface area contributed by atoms with E-state index in [2.05, 4.69) is 10.1 Å². The standard InChI is InChI=1S/C18H17NO5/c1-23-17(21)16(20)15(14-10-6-3-7-11-14)19-18(22)24-12-13-8-4-2-5-9-13/h2-11,15H,12H2,1H3,(H,19,22)/t15-/m0/s1. The first-order valence-electron chi connectivity index (χ1n) is 7.26. The summed E-state index contributed by atoms with van der Waals surface area (Å²) in [4.78, 5) is 35.6. The van der Waals surface area contributed by atoms with Gasteiger partial charge in [-0.2, -0.15) is 0 Å². The van der Waals surface area contributed by atoms with Crippen molar-refractivity contribution in [3.05, 3.63) is 71.8 Å². The molecule has 0 aliphatic rings. The van der Waals surface area contributed by atoms with Crippen LogP contribution in [0.15, 0.2) is 60.7 Å². The molecule has 0 unspecified atom stereocenters. The molecule has 0 saturated carbocycles. The normalized spacial score (nSPS) is 11.2. The van der Waals surface area contributed by atoms with Crippen molar-refractivity contribution in [2.75, 3.05) is 7.11 Å². The summed E-state index contributed by atoms with van der Waals surface area (Å²) in [7, 11) is 1.11. The average molecular weight is 327 g/mol. The summed E-state index contributed by atoms with van der Waals surface area (Å²) in [6, 6.07) is 16.4. The zero-order valence-corrected chi connectivity index (χ0v) is 13.1. The van der Waals surface area contributed by atoms with Gasteiger partial charge in [0.15, 0.2) is 0 Å². The number of methoxy groups -OCH3 is 1. The van der Waals surface area contributed by atoms with E-state index in [0.717, 1.165) is 12.7 Å². The number of Topliss-reactive ketones (excluding diaryl/α,β-unsaturated/α-hetero) is 1.